The number of nitrogens with one attached hydrogen (secondary N) is 2. The average molecular weight is 405 g/mol. The minimum Gasteiger partial charge on any atom is -0.469 e. The van der Waals surface area contributed by atoms with Crippen LogP contribution in [0.5, 0.6) is 0 Å². The summed E-state index contributed by atoms with van der Waals surface area (Å²) in [5.74, 6) is 0.485. The van der Waals surface area contributed by atoms with Crippen LogP contribution in [-0.2, 0) is 16.0 Å². The van der Waals surface area contributed by atoms with Crippen molar-refractivity contribution in [2.75, 3.05) is 27.2 Å². The Morgan fingerprint density at radius 3 is 2.48 bits per heavy atom. The fourth-order valence-electron chi connectivity index (χ4n) is 1.75. The number of hydrogen-bond acceptors (Lipinski definition) is 3. The van der Waals surface area contributed by atoms with Crippen molar-refractivity contribution < 1.29 is 9.53 Å². The van der Waals surface area contributed by atoms with E-state index in [0.29, 0.717) is 18.9 Å². The van der Waals surface area contributed by atoms with E-state index in [2.05, 4.69) is 44.6 Å². The summed E-state index contributed by atoms with van der Waals surface area (Å²) in [5, 5.41) is 6.29. The molecule has 0 aliphatic rings. The molecule has 0 bridgehead atoms. The number of guanidine groups is 1. The number of nitrogens with zero attached hydrogens (tertiary/aromatic N) is 1. The first kappa shape index (κ1) is 19.7. The summed E-state index contributed by atoms with van der Waals surface area (Å²) in [7, 11) is 3.10. The summed E-state index contributed by atoms with van der Waals surface area (Å²) in [5.41, 5.74) is 1.34. The van der Waals surface area contributed by atoms with E-state index >= 15 is 0 Å². The number of esters is 1. The summed E-state index contributed by atoms with van der Waals surface area (Å²) < 4.78 is 4.57. The van der Waals surface area contributed by atoms with Crippen molar-refractivity contribution in [2.45, 2.75) is 19.3 Å². The van der Waals surface area contributed by atoms with Gasteiger partial charge in [0.05, 0.1) is 13.5 Å². The second kappa shape index (κ2) is 12.4. The van der Waals surface area contributed by atoms with E-state index in [-0.39, 0.29) is 29.9 Å². The highest BCUT2D eigenvalue weighted by molar-refractivity contribution is 14.0. The number of halogens is 1. The minimum absolute atomic E-state index is 0. The first-order valence-electron chi connectivity index (χ1n) is 6.81. The van der Waals surface area contributed by atoms with E-state index in [4.69, 9.17) is 0 Å². The van der Waals surface area contributed by atoms with E-state index in [0.717, 1.165) is 19.4 Å². The van der Waals surface area contributed by atoms with Gasteiger partial charge in [-0.3, -0.25) is 9.79 Å². The Morgan fingerprint density at radius 1 is 1.19 bits per heavy atom. The summed E-state index contributed by atoms with van der Waals surface area (Å²) in [6.07, 6.45) is 2.40. The highest BCUT2D eigenvalue weighted by Gasteiger charge is 2.01. The van der Waals surface area contributed by atoms with Crippen molar-refractivity contribution in [3.63, 3.8) is 0 Å². The molecule has 0 fully saturated rings. The number of ether oxygens (including phenoxy) is 1. The smallest absolute Gasteiger partial charge is 0.307 e. The van der Waals surface area contributed by atoms with Gasteiger partial charge in [-0.05, 0) is 18.4 Å². The summed E-state index contributed by atoms with van der Waals surface area (Å²) in [6, 6.07) is 10.4. The Labute approximate surface area is 143 Å². The van der Waals surface area contributed by atoms with Crippen molar-refractivity contribution in [1.29, 1.82) is 0 Å². The van der Waals surface area contributed by atoms with Crippen LogP contribution in [0.4, 0.5) is 0 Å². The van der Waals surface area contributed by atoms with Gasteiger partial charge in [-0.2, -0.15) is 0 Å². The van der Waals surface area contributed by atoms with Crippen LogP contribution in [0.15, 0.2) is 35.3 Å². The van der Waals surface area contributed by atoms with Crippen LogP contribution in [-0.4, -0.2) is 39.2 Å². The summed E-state index contributed by atoms with van der Waals surface area (Å²) >= 11 is 0. The van der Waals surface area contributed by atoms with Crippen molar-refractivity contribution in [3.8, 4) is 0 Å². The van der Waals surface area contributed by atoms with Crippen molar-refractivity contribution in [2.24, 2.45) is 4.99 Å². The second-order valence-corrected chi connectivity index (χ2v) is 4.34. The lowest BCUT2D eigenvalue weighted by atomic mass is 10.1. The third-order valence-corrected chi connectivity index (χ3v) is 2.85. The maximum absolute atomic E-state index is 11.0. The monoisotopic (exact) mass is 405 g/mol. The molecule has 118 valence electrons. The molecule has 6 heteroatoms. The van der Waals surface area contributed by atoms with E-state index in [1.165, 1.54) is 12.7 Å². The molecule has 0 amide bonds. The van der Waals surface area contributed by atoms with Gasteiger partial charge in [0.1, 0.15) is 0 Å². The van der Waals surface area contributed by atoms with Gasteiger partial charge in [0.15, 0.2) is 5.96 Å². The van der Waals surface area contributed by atoms with Gasteiger partial charge in [0, 0.05) is 20.1 Å². The Bertz CT molecular complexity index is 424. The summed E-state index contributed by atoms with van der Waals surface area (Å²) in [4.78, 5) is 15.1. The quantitative estimate of drug-likeness (QED) is 0.239. The van der Waals surface area contributed by atoms with Crippen LogP contribution in [0.25, 0.3) is 0 Å². The molecule has 0 saturated heterocycles. The molecule has 21 heavy (non-hydrogen) atoms. The molecule has 0 heterocycles. The molecule has 0 unspecified atom stereocenters. The van der Waals surface area contributed by atoms with Crippen molar-refractivity contribution in [1.82, 2.24) is 10.6 Å². The van der Waals surface area contributed by atoms with Crippen LogP contribution in [0.1, 0.15) is 18.4 Å². The fourth-order valence-corrected chi connectivity index (χ4v) is 1.75. The van der Waals surface area contributed by atoms with Crippen LogP contribution in [0, 0.1) is 0 Å². The predicted octanol–water partition coefficient (Wildman–Crippen LogP) is 1.97. The lowest BCUT2D eigenvalue weighted by Gasteiger charge is -2.11. The highest BCUT2D eigenvalue weighted by atomic mass is 127. The average Bonchev–Trinajstić information content (AvgIpc) is 2.50. The molecule has 2 N–H and O–H groups in total. The molecule has 1 rings (SSSR count). The first-order chi connectivity index (χ1) is 9.76. The molecule has 0 spiro atoms. The zero-order valence-corrected chi connectivity index (χ0v) is 14.9. The first-order valence-corrected chi connectivity index (χ1v) is 6.81. The van der Waals surface area contributed by atoms with Gasteiger partial charge in [0.25, 0.3) is 0 Å². The number of carbonyl (C=O) groups is 1. The zero-order valence-electron chi connectivity index (χ0n) is 12.6. The van der Waals surface area contributed by atoms with Gasteiger partial charge < -0.3 is 15.4 Å². The van der Waals surface area contributed by atoms with Crippen molar-refractivity contribution >= 4 is 35.9 Å². The van der Waals surface area contributed by atoms with Crippen LogP contribution in [0.3, 0.4) is 0 Å². The SMILES string of the molecule is CN=C(NCCCc1ccccc1)NCCC(=O)OC.I. The Morgan fingerprint density at radius 2 is 1.86 bits per heavy atom. The Kier molecular flexibility index (Phi) is 11.7. The standard InChI is InChI=1S/C15H23N3O2.HI/c1-16-15(18-12-10-14(19)20-2)17-11-6-9-13-7-4-3-5-8-13;/h3-5,7-8H,6,9-12H2,1-2H3,(H2,16,17,18);1H. The number of hydrogen-bond donors (Lipinski definition) is 2. The van der Waals surface area contributed by atoms with Gasteiger partial charge in [0.2, 0.25) is 0 Å². The predicted molar refractivity (Wildman–Crippen MR) is 96.2 cm³/mol. The zero-order chi connectivity index (χ0) is 14.6. The molecular weight excluding hydrogens is 381 g/mol. The van der Waals surface area contributed by atoms with Crippen LogP contribution in [0.2, 0.25) is 0 Å². The number of aliphatic imine (C=N–C) groups is 1. The largest absolute Gasteiger partial charge is 0.469 e. The molecule has 1 aromatic rings. The molecule has 0 aliphatic heterocycles. The number of carbonyl (C=O) groups excluding carboxylic acids is 1. The van der Waals surface area contributed by atoms with Crippen LogP contribution < -0.4 is 10.6 Å². The van der Waals surface area contributed by atoms with E-state index in [9.17, 15) is 4.79 Å². The third-order valence-electron chi connectivity index (χ3n) is 2.85. The minimum atomic E-state index is -0.225. The lowest BCUT2D eigenvalue weighted by Crippen LogP contribution is -2.38. The maximum atomic E-state index is 11.0. The van der Waals surface area contributed by atoms with Crippen molar-refractivity contribution in [3.05, 3.63) is 35.9 Å². The normalized spacial score (nSPS) is 10.5. The molecule has 1 aromatic carbocycles. The Hall–Kier alpha value is -1.31. The maximum Gasteiger partial charge on any atom is 0.307 e. The molecule has 0 atom stereocenters. The number of rotatable bonds is 7. The van der Waals surface area contributed by atoms with Crippen LogP contribution >= 0.6 is 24.0 Å². The van der Waals surface area contributed by atoms with Gasteiger partial charge in [-0.15, -0.1) is 24.0 Å². The molecule has 5 nitrogen and oxygen atoms in total. The van der Waals surface area contributed by atoms with Gasteiger partial charge >= 0.3 is 5.97 Å². The van der Waals surface area contributed by atoms with Gasteiger partial charge in [-0.1, -0.05) is 30.3 Å². The molecule has 0 aromatic heterocycles. The van der Waals surface area contributed by atoms with E-state index in [1.54, 1.807) is 7.05 Å². The third kappa shape index (κ3) is 9.28. The van der Waals surface area contributed by atoms with Gasteiger partial charge in [-0.25, -0.2) is 0 Å². The van der Waals surface area contributed by atoms with E-state index in [1.807, 2.05) is 6.07 Å². The molecule has 0 radical (unpaired) electrons. The van der Waals surface area contributed by atoms with E-state index < -0.39 is 0 Å². The number of benzene rings is 1. The summed E-state index contributed by atoms with van der Waals surface area (Å²) in [6.45, 7) is 1.36. The lowest BCUT2D eigenvalue weighted by molar-refractivity contribution is -0.140. The highest BCUT2D eigenvalue weighted by Crippen LogP contribution is 2.01. The number of aryl methyl sites for hydroxylation is 1. The molecule has 0 saturated carbocycles. The number of methoxy groups -OCH3 is 1. The fraction of sp³-hybridized carbons (Fsp3) is 0.467. The Balaban J connectivity index is 0.00000400. The molecular formula is C15H24IN3O2. The second-order valence-electron chi connectivity index (χ2n) is 4.34. The molecule has 0 aliphatic carbocycles. The topological polar surface area (TPSA) is 62.7 Å².